The first-order valence-corrected chi connectivity index (χ1v) is 24.1. The van der Waals surface area contributed by atoms with E-state index >= 15 is 0 Å². The minimum atomic E-state index is -0.829. The Kier molecular flexibility index (Phi) is 15.2. The van der Waals surface area contributed by atoms with Gasteiger partial charge in [-0.25, -0.2) is 19.6 Å². The molecule has 3 saturated heterocycles. The second-order valence-electron chi connectivity index (χ2n) is 19.0. The Morgan fingerprint density at radius 1 is 0.768 bits per heavy atom. The summed E-state index contributed by atoms with van der Waals surface area (Å²) in [5, 5.41) is 8.81. The highest BCUT2D eigenvalue weighted by atomic mass is 16.5. The number of H-pyrrole nitrogens is 2. The molecule has 0 radical (unpaired) electrons. The van der Waals surface area contributed by atoms with Crippen LogP contribution in [0.5, 0.6) is 0 Å². The number of hydrogen-bond donors (Lipinski definition) is 5. The largest absolute Gasteiger partial charge is 0.453 e. The molecule has 4 amide bonds. The molecular formula is C51H66N10O8. The number of likely N-dealkylation sites (tertiary alicyclic amines) is 1. The van der Waals surface area contributed by atoms with Crippen LogP contribution < -0.4 is 16.0 Å². The Bertz CT molecular complexity index is 2590. The lowest BCUT2D eigenvalue weighted by Crippen LogP contribution is -2.55. The molecule has 18 heteroatoms. The summed E-state index contributed by atoms with van der Waals surface area (Å²) in [4.78, 5) is 76.8. The zero-order valence-electron chi connectivity index (χ0n) is 40.6. The molecule has 18 nitrogen and oxygen atoms in total. The second kappa shape index (κ2) is 21.4. The van der Waals surface area contributed by atoms with Gasteiger partial charge in [0.1, 0.15) is 29.4 Å². The number of carbonyl (C=O) groups excluding carboxylic acids is 4. The number of aromatic amines is 2. The number of fused-ring (bicyclic) bond motifs is 1. The third-order valence-electron chi connectivity index (χ3n) is 13.9. The third-order valence-corrected chi connectivity index (χ3v) is 13.9. The van der Waals surface area contributed by atoms with E-state index in [1.165, 1.54) is 14.2 Å². The van der Waals surface area contributed by atoms with Crippen LogP contribution in [0.4, 0.5) is 9.59 Å². The lowest BCUT2D eigenvalue weighted by molar-refractivity contribution is -0.140. The fraction of sp³-hybridized carbons (Fsp3) is 0.510. The number of nitrogens with one attached hydrogen (secondary N) is 5. The number of ether oxygens (including phenoxy) is 4. The third kappa shape index (κ3) is 10.9. The number of alkyl carbamates (subject to hydrolysis) is 2. The van der Waals surface area contributed by atoms with E-state index in [1.807, 2.05) is 88.3 Å². The summed E-state index contributed by atoms with van der Waals surface area (Å²) in [7, 11) is 2.59. The molecule has 368 valence electrons. The molecule has 4 aromatic heterocycles. The molecule has 3 aliphatic heterocycles. The number of hydrogen-bond acceptors (Lipinski definition) is 11. The maximum absolute atomic E-state index is 14.5. The summed E-state index contributed by atoms with van der Waals surface area (Å²) < 4.78 is 23.8. The van der Waals surface area contributed by atoms with Crippen LogP contribution in [-0.4, -0.2) is 115 Å². The standard InChI is InChI=1S/C51H66N10O8/c1-9-10-12-37(57-48(62)43(58-50(64)66-7)35-21-29(3)68-30(4)22-35)46-53-26-39(56-46)45-40-13-11-20-60(40)42(27-52-45)34-17-15-33(16-18-34)38-25-54-47(55-38)41-19-14-28(2)61(41)49(63)44(59-51(65)67-8)36-23-31(5)69-32(6)24-36/h9,11,13,15-18,20,25-32,35-37,41,43-44H,1,10,12,14,19,21-24H2,2-8H3,(H,53,56)(H,54,55)(H,57,62)(H,58,64)(H,59,65)/t28-,29-,30+,31-,32+,35?,36?,37-,41-,43-,44?/m0/s1. The molecule has 3 aliphatic rings. The average Bonchev–Trinajstić information content (AvgIpc) is 4.18. The zero-order chi connectivity index (χ0) is 48.9. The molecular weight excluding hydrogens is 881 g/mol. The van der Waals surface area contributed by atoms with Crippen molar-refractivity contribution in [3.8, 4) is 33.9 Å². The molecule has 0 bridgehead atoms. The van der Waals surface area contributed by atoms with E-state index in [0.717, 1.165) is 40.9 Å². The fourth-order valence-electron chi connectivity index (χ4n) is 10.8. The van der Waals surface area contributed by atoms with Crippen LogP contribution in [0.3, 0.4) is 0 Å². The first-order chi connectivity index (χ1) is 33.2. The summed E-state index contributed by atoms with van der Waals surface area (Å²) in [6.07, 6.45) is 12.9. The molecule has 0 saturated carbocycles. The van der Waals surface area contributed by atoms with Gasteiger partial charge in [-0.1, -0.05) is 30.3 Å². The summed E-state index contributed by atoms with van der Waals surface area (Å²) in [6.45, 7) is 13.9. The maximum Gasteiger partial charge on any atom is 0.407 e. The van der Waals surface area contributed by atoms with E-state index in [0.29, 0.717) is 61.6 Å². The molecule has 5 aromatic rings. The number of imidazole rings is 2. The van der Waals surface area contributed by atoms with Gasteiger partial charge in [-0.2, -0.15) is 0 Å². The Balaban J connectivity index is 0.986. The van der Waals surface area contributed by atoms with Gasteiger partial charge in [0, 0.05) is 17.8 Å². The number of allylic oxidation sites excluding steroid dienone is 1. The Hall–Kier alpha value is -6.53. The highest BCUT2D eigenvalue weighted by Gasteiger charge is 2.44. The number of methoxy groups -OCH3 is 2. The predicted molar refractivity (Wildman–Crippen MR) is 259 cm³/mol. The smallest absolute Gasteiger partial charge is 0.407 e. The van der Waals surface area contributed by atoms with Gasteiger partial charge in [-0.05, 0) is 116 Å². The van der Waals surface area contributed by atoms with Crippen LogP contribution in [0.1, 0.15) is 110 Å². The lowest BCUT2D eigenvalue weighted by Gasteiger charge is -2.39. The minimum Gasteiger partial charge on any atom is -0.453 e. The number of carbonyl (C=O) groups is 4. The molecule has 3 fully saturated rings. The Morgan fingerprint density at radius 3 is 2.01 bits per heavy atom. The first-order valence-electron chi connectivity index (χ1n) is 24.1. The van der Waals surface area contributed by atoms with Crippen molar-refractivity contribution in [2.75, 3.05) is 14.2 Å². The molecule has 8 rings (SSSR count). The number of rotatable bonds is 15. The van der Waals surface area contributed by atoms with Crippen molar-refractivity contribution in [3.63, 3.8) is 0 Å². The first kappa shape index (κ1) is 48.9. The molecule has 0 aliphatic carbocycles. The van der Waals surface area contributed by atoms with Gasteiger partial charge in [0.15, 0.2) is 0 Å². The van der Waals surface area contributed by atoms with E-state index in [9.17, 15) is 19.2 Å². The van der Waals surface area contributed by atoms with E-state index in [-0.39, 0.29) is 60.1 Å². The van der Waals surface area contributed by atoms with E-state index in [2.05, 4.69) is 36.9 Å². The van der Waals surface area contributed by atoms with Crippen LogP contribution in [0, 0.1) is 11.8 Å². The van der Waals surface area contributed by atoms with Crippen molar-refractivity contribution < 1.29 is 38.1 Å². The van der Waals surface area contributed by atoms with Crippen molar-refractivity contribution in [2.24, 2.45) is 11.8 Å². The van der Waals surface area contributed by atoms with Gasteiger partial charge in [0.05, 0.1) is 91.9 Å². The van der Waals surface area contributed by atoms with E-state index in [1.54, 1.807) is 18.5 Å². The van der Waals surface area contributed by atoms with Gasteiger partial charge < -0.3 is 54.2 Å². The molecule has 69 heavy (non-hydrogen) atoms. The second-order valence-corrected chi connectivity index (χ2v) is 19.0. The summed E-state index contributed by atoms with van der Waals surface area (Å²) >= 11 is 0. The SMILES string of the molecule is C=CCC[C@H](NC(=O)[C@@H](NC(=O)OC)C1C[C@@H](C)O[C@@H](C)C1)c1ncc(-c2ncc(-c3ccc(-c4cnc([C@@H]5CC[C@H](C)N5C(=O)C(NC(=O)OC)C5C[C@@H](C)O[C@@H](C)C5)[nH]4)cc3)n3cccc23)[nH]1. The summed E-state index contributed by atoms with van der Waals surface area (Å²) in [5.41, 5.74) is 5.80. The number of aromatic nitrogens is 6. The van der Waals surface area contributed by atoms with Gasteiger partial charge in [0.2, 0.25) is 11.8 Å². The molecule has 3 unspecified atom stereocenters. The van der Waals surface area contributed by atoms with Crippen LogP contribution in [0.2, 0.25) is 0 Å². The molecule has 0 spiro atoms. The van der Waals surface area contributed by atoms with Crippen LogP contribution in [0.25, 0.3) is 39.4 Å². The van der Waals surface area contributed by atoms with Crippen molar-refractivity contribution >= 4 is 29.5 Å². The van der Waals surface area contributed by atoms with Crippen molar-refractivity contribution in [3.05, 3.63) is 85.5 Å². The predicted octanol–water partition coefficient (Wildman–Crippen LogP) is 7.81. The van der Waals surface area contributed by atoms with Crippen molar-refractivity contribution in [1.29, 1.82) is 0 Å². The molecule has 5 N–H and O–H groups in total. The quantitative estimate of drug-likeness (QED) is 0.0638. The Morgan fingerprint density at radius 2 is 1.38 bits per heavy atom. The van der Waals surface area contributed by atoms with Gasteiger partial charge >= 0.3 is 12.2 Å². The van der Waals surface area contributed by atoms with Gasteiger partial charge in [-0.15, -0.1) is 6.58 Å². The van der Waals surface area contributed by atoms with Crippen molar-refractivity contribution in [2.45, 2.75) is 141 Å². The molecule has 1 aromatic carbocycles. The molecule has 7 heterocycles. The van der Waals surface area contributed by atoms with Crippen molar-refractivity contribution in [1.82, 2.24) is 50.2 Å². The fourth-order valence-corrected chi connectivity index (χ4v) is 10.8. The van der Waals surface area contributed by atoms with Crippen LogP contribution in [-0.2, 0) is 28.5 Å². The summed E-state index contributed by atoms with van der Waals surface area (Å²) in [5.74, 6) is 0.528. The lowest BCUT2D eigenvalue weighted by atomic mass is 9.85. The average molecular weight is 947 g/mol. The molecule has 11 atom stereocenters. The highest BCUT2D eigenvalue weighted by molar-refractivity contribution is 5.87. The normalized spacial score (nSPS) is 25.1. The van der Waals surface area contributed by atoms with Crippen LogP contribution >= 0.6 is 0 Å². The number of amides is 4. The number of benzene rings is 1. The van der Waals surface area contributed by atoms with E-state index < -0.39 is 30.3 Å². The minimum absolute atomic E-state index is 0.0363. The van der Waals surface area contributed by atoms with Gasteiger partial charge in [0.25, 0.3) is 0 Å². The Labute approximate surface area is 402 Å². The zero-order valence-corrected chi connectivity index (χ0v) is 40.6. The summed E-state index contributed by atoms with van der Waals surface area (Å²) in [6, 6.07) is 9.70. The topological polar surface area (TPSA) is 219 Å². The maximum atomic E-state index is 14.5. The highest BCUT2D eigenvalue weighted by Crippen LogP contribution is 2.39. The number of nitrogens with zero attached hydrogens (tertiary/aromatic N) is 5. The monoisotopic (exact) mass is 947 g/mol. The van der Waals surface area contributed by atoms with Crippen LogP contribution in [0.15, 0.2) is 73.8 Å². The van der Waals surface area contributed by atoms with Gasteiger partial charge in [-0.3, -0.25) is 14.6 Å². The van der Waals surface area contributed by atoms with E-state index in [4.69, 9.17) is 33.9 Å².